The lowest BCUT2D eigenvalue weighted by Crippen LogP contribution is -2.12. The van der Waals surface area contributed by atoms with Gasteiger partial charge in [-0.25, -0.2) is 28.9 Å². The SMILES string of the molecule is C.CC(=O)OO.CC(=O)OO.FC(F)(F)c1cc(-n2cccn2)n[nH]1.FC(F)(F)c1ccn[nH]1.O=[N+]([O-])c1cn[nH]c1.O=[N+]([O-])c1cn[nH]c1-n1cncn1.O=[N+]([O-])c1cnn([N+](=O)[O-])c1.O=[N+]([O-])n1ccc(C(F)(F)F)n1.c1cc(-n2cncn2)[nH]n1.c1cn[nH]c1. The number of carbonyl (C=O) groups is 2. The molecule has 0 saturated carbocycles. The molecule has 0 saturated heterocycles. The van der Waals surface area contributed by atoms with Gasteiger partial charge in [-0.15, -0.1) is 0 Å². The Bertz CT molecular complexity index is 3740. The maximum absolute atomic E-state index is 12.1. The van der Waals surface area contributed by atoms with Crippen LogP contribution in [0.25, 0.3) is 17.5 Å². The maximum atomic E-state index is 12.1. The van der Waals surface area contributed by atoms with Crippen molar-refractivity contribution in [3.8, 4) is 17.5 Å². The molecule has 0 amide bonds. The number of hydrogen-bond donors (Lipinski definition) is 8. The molecule has 11 aromatic rings. The number of hydrogen-bond acceptors (Lipinski definition) is 29. The largest absolute Gasteiger partial charge is 0.460 e. The van der Waals surface area contributed by atoms with Crippen LogP contribution in [0.3, 0.4) is 0 Å². The van der Waals surface area contributed by atoms with Crippen LogP contribution in [0.2, 0.25) is 0 Å². The number of nitrogens with zero attached hydrogens (tertiary/aromatic N) is 23. The first kappa shape index (κ1) is 77.4. The Morgan fingerprint density at radius 1 is 0.570 bits per heavy atom. The van der Waals surface area contributed by atoms with Crippen molar-refractivity contribution in [2.45, 2.75) is 39.8 Å². The summed E-state index contributed by atoms with van der Waals surface area (Å²) in [6, 6.07) is 7.55. The average molecular weight is 1340 g/mol. The minimum atomic E-state index is -4.64. The summed E-state index contributed by atoms with van der Waals surface area (Å²) in [7, 11) is 0. The number of halogens is 9. The van der Waals surface area contributed by atoms with Gasteiger partial charge in [0, 0.05) is 72.6 Å². The van der Waals surface area contributed by atoms with E-state index in [1.165, 1.54) is 46.9 Å². The summed E-state index contributed by atoms with van der Waals surface area (Å²) < 4.78 is 110. The molecule has 0 radical (unpaired) electrons. The Labute approximate surface area is 504 Å². The Balaban J connectivity index is 0.000000525. The summed E-state index contributed by atoms with van der Waals surface area (Å²) in [5.41, 5.74) is -3.53. The van der Waals surface area contributed by atoms with Crippen LogP contribution in [-0.4, -0.2) is 168 Å². The molecule has 0 aliphatic rings. The number of H-pyrrole nitrogens is 6. The lowest BCUT2D eigenvalue weighted by atomic mass is 10.4. The number of aromatic amines is 6. The molecular weight excluding hydrogens is 1300 g/mol. The molecule has 0 atom stereocenters. The van der Waals surface area contributed by atoms with Crippen LogP contribution in [-0.2, 0) is 37.9 Å². The normalized spacial score (nSPS) is 9.99. The van der Waals surface area contributed by atoms with Crippen LogP contribution in [0.4, 0.5) is 56.6 Å². The van der Waals surface area contributed by atoms with Gasteiger partial charge in [0.25, 0.3) is 5.69 Å². The third kappa shape index (κ3) is 29.6. The number of rotatable bonds is 8. The smallest absolute Gasteiger partial charge is 0.339 e. The minimum Gasteiger partial charge on any atom is -0.339 e. The third-order valence-electron chi connectivity index (χ3n) is 8.34. The zero-order valence-electron chi connectivity index (χ0n) is 45.0. The van der Waals surface area contributed by atoms with Gasteiger partial charge >= 0.3 is 47.5 Å². The molecule has 0 aromatic carbocycles. The standard InChI is InChI=1S/C7H5F3N4.C5H4N6O2.C5H5N5.C4H2F3N3O2.C4H3F3N2.C3H2N4O4.C3H3N3O2.C3H4N2.2C2H4O3.CH4/c8-7(9,10)5-4-6(13-12-5)14-3-1-2-11-14;12-11(13)4-1-7-9-5(4)10-3-6-2-8-10;1-2-7-9-5(1)10-4-6-3-8-10;5-4(6,7)3-1-2-9(8-3)10(11)12;5-4(6,7)3-1-2-8-9-3;8-6(9)3-1-4-5(2-3)7(10)11;7-6(8)3-1-4-5-2-3;1-2-4-5-3-1;2*1-2(3)5-4;/h1-4H,(H,12,13);1-3H,(H,7,9);1-4H,(H,7,9);1-2H;1-2H,(H,8,9);1-2H;1-2H,(H,4,5);1-3H,(H,4,5);2*4H,1H3;1H4. The summed E-state index contributed by atoms with van der Waals surface area (Å²) in [5, 5.41) is 115. The fraction of sp³-hybridized carbons (Fsp3) is 0.154. The molecule has 0 aliphatic heterocycles. The highest BCUT2D eigenvalue weighted by Gasteiger charge is 2.39. The second-order valence-corrected chi connectivity index (χ2v) is 14.7. The number of carbonyl (C=O) groups excluding carboxylic acids is 2. The predicted octanol–water partition coefficient (Wildman–Crippen LogP) is 5.11. The van der Waals surface area contributed by atoms with Crippen molar-refractivity contribution < 1.29 is 94.2 Å². The fourth-order valence-electron chi connectivity index (χ4n) is 4.60. The van der Waals surface area contributed by atoms with Gasteiger partial charge in [-0.05, 0) is 18.2 Å². The summed E-state index contributed by atoms with van der Waals surface area (Å²) in [4.78, 5) is 80.9. The summed E-state index contributed by atoms with van der Waals surface area (Å²) in [6.07, 6.45) is 7.18. The Morgan fingerprint density at radius 3 is 1.49 bits per heavy atom. The van der Waals surface area contributed by atoms with Crippen molar-refractivity contribution >= 4 is 29.0 Å². The van der Waals surface area contributed by atoms with Gasteiger partial charge in [-0.2, -0.15) is 101 Å². The van der Waals surface area contributed by atoms with Crippen molar-refractivity contribution in [2.75, 3.05) is 0 Å². The van der Waals surface area contributed by atoms with E-state index in [2.05, 4.69) is 96.2 Å². The number of nitro groups is 5. The second-order valence-electron chi connectivity index (χ2n) is 14.7. The molecule has 0 spiro atoms. The van der Waals surface area contributed by atoms with E-state index >= 15 is 0 Å². The fourth-order valence-corrected chi connectivity index (χ4v) is 4.60. The summed E-state index contributed by atoms with van der Waals surface area (Å²) >= 11 is 0. The highest BCUT2D eigenvalue weighted by atomic mass is 19.4. The third-order valence-corrected chi connectivity index (χ3v) is 8.34. The van der Waals surface area contributed by atoms with E-state index in [0.29, 0.717) is 12.3 Å². The van der Waals surface area contributed by atoms with E-state index < -0.39 is 78.1 Å². The molecular formula is C39H40F9N29O16. The first-order valence-corrected chi connectivity index (χ1v) is 22.7. The molecule has 8 N–H and O–H groups in total. The molecule has 0 bridgehead atoms. The predicted molar refractivity (Wildman–Crippen MR) is 278 cm³/mol. The quantitative estimate of drug-likeness (QED) is 0.0424. The topological polar surface area (TPSA) is 596 Å². The molecule has 54 heteroatoms. The van der Waals surface area contributed by atoms with E-state index in [0.717, 1.165) is 62.8 Å². The van der Waals surface area contributed by atoms with E-state index in [4.69, 9.17) is 10.5 Å². The van der Waals surface area contributed by atoms with E-state index in [1.807, 2.05) is 17.2 Å². The van der Waals surface area contributed by atoms with E-state index in [-0.39, 0.29) is 40.0 Å². The van der Waals surface area contributed by atoms with Gasteiger partial charge in [0.05, 0.1) is 47.4 Å². The molecule has 93 heavy (non-hydrogen) atoms. The van der Waals surface area contributed by atoms with Gasteiger partial charge in [-0.1, -0.05) is 7.43 Å². The molecule has 11 aromatic heterocycles. The maximum Gasteiger partial charge on any atom is 0.460 e. The van der Waals surface area contributed by atoms with Crippen LogP contribution in [0, 0.1) is 50.6 Å². The first-order valence-electron chi connectivity index (χ1n) is 22.7. The Hall–Kier alpha value is -13.6. The number of nitrogens with one attached hydrogen (secondary N) is 6. The summed E-state index contributed by atoms with van der Waals surface area (Å²) in [5.74, 6) is -0.252. The van der Waals surface area contributed by atoms with E-state index in [9.17, 15) is 99.7 Å². The van der Waals surface area contributed by atoms with Crippen molar-refractivity contribution in [2.24, 2.45) is 0 Å². The van der Waals surface area contributed by atoms with Crippen LogP contribution >= 0.6 is 0 Å². The van der Waals surface area contributed by atoms with Crippen molar-refractivity contribution in [1.82, 2.24) is 120 Å². The zero-order chi connectivity index (χ0) is 69.0. The molecule has 11 heterocycles. The second kappa shape index (κ2) is 38.5. The van der Waals surface area contributed by atoms with Crippen LogP contribution in [0.1, 0.15) is 38.4 Å². The molecule has 0 aliphatic carbocycles. The molecule has 45 nitrogen and oxygen atoms in total. The Morgan fingerprint density at radius 2 is 1.16 bits per heavy atom. The lowest BCUT2D eigenvalue weighted by Gasteiger charge is -1.99. The number of aromatic nitrogens is 24. The highest BCUT2D eigenvalue weighted by molar-refractivity contribution is 5.65. The van der Waals surface area contributed by atoms with Gasteiger partial charge in [0.2, 0.25) is 12.0 Å². The van der Waals surface area contributed by atoms with Gasteiger partial charge < -0.3 is 30.0 Å². The lowest BCUT2D eigenvalue weighted by molar-refractivity contribution is -0.553. The average Bonchev–Trinajstić information content (AvgIpc) is 1.85. The first-order chi connectivity index (χ1) is 43.3. The Kier molecular flexibility index (Phi) is 32.1. The molecule has 500 valence electrons. The van der Waals surface area contributed by atoms with Crippen LogP contribution in [0.5, 0.6) is 0 Å². The van der Waals surface area contributed by atoms with Crippen molar-refractivity contribution in [3.05, 3.63) is 204 Å². The van der Waals surface area contributed by atoms with Crippen molar-refractivity contribution in [3.63, 3.8) is 0 Å². The molecule has 11 rings (SSSR count). The van der Waals surface area contributed by atoms with E-state index in [1.54, 1.807) is 40.8 Å². The minimum absolute atomic E-state index is 0. The monoisotopic (exact) mass is 1340 g/mol. The van der Waals surface area contributed by atoms with Crippen LogP contribution < -0.4 is 0 Å². The zero-order valence-corrected chi connectivity index (χ0v) is 45.0. The van der Waals surface area contributed by atoms with Gasteiger partial charge in [-0.3, -0.25) is 60.9 Å². The highest BCUT2D eigenvalue weighted by Crippen LogP contribution is 2.29. The van der Waals surface area contributed by atoms with Crippen LogP contribution in [0.15, 0.2) is 136 Å². The van der Waals surface area contributed by atoms with Gasteiger partial charge in [0.1, 0.15) is 55.3 Å². The summed E-state index contributed by atoms with van der Waals surface area (Å²) in [6.45, 7) is 2.22. The number of alkyl halides is 9. The molecule has 0 fully saturated rings. The molecule has 0 unspecified atom stereocenters. The van der Waals surface area contributed by atoms with Gasteiger partial charge in [0.15, 0.2) is 17.8 Å². The van der Waals surface area contributed by atoms with Crippen molar-refractivity contribution in [1.29, 1.82) is 0 Å².